The van der Waals surface area contributed by atoms with Crippen molar-refractivity contribution in [1.82, 2.24) is 10.2 Å². The molecule has 1 aliphatic rings. The summed E-state index contributed by atoms with van der Waals surface area (Å²) in [5.74, 6) is -1.19. The molecule has 0 fully saturated rings. The molecule has 0 unspecified atom stereocenters. The molecule has 1 N–H and O–H groups in total. The molecule has 0 saturated carbocycles. The number of thiophene rings is 1. The van der Waals surface area contributed by atoms with E-state index in [9.17, 15) is 14.4 Å². The van der Waals surface area contributed by atoms with Gasteiger partial charge in [-0.25, -0.2) is 0 Å². The number of nitrogens with zero attached hydrogens (tertiary/aromatic N) is 1. The monoisotopic (exact) mass is 372 g/mol. The third kappa shape index (κ3) is 4.29. The molecule has 0 spiro atoms. The second-order valence-electron chi connectivity index (χ2n) is 6.07. The van der Waals surface area contributed by atoms with Crippen molar-refractivity contribution < 1.29 is 19.1 Å². The highest BCUT2D eigenvalue weighted by molar-refractivity contribution is 7.12. The molecule has 0 aliphatic carbocycles. The number of nitrogens with one attached hydrogen (secondary N) is 1. The molecule has 26 heavy (non-hydrogen) atoms. The normalized spacial score (nSPS) is 14.3. The molecule has 1 aliphatic heterocycles. The van der Waals surface area contributed by atoms with Gasteiger partial charge >= 0.3 is 5.97 Å². The van der Waals surface area contributed by atoms with Crippen LogP contribution in [-0.2, 0) is 27.3 Å². The van der Waals surface area contributed by atoms with Crippen LogP contribution < -0.4 is 5.32 Å². The summed E-state index contributed by atoms with van der Waals surface area (Å²) in [6.07, 6.45) is -0.0918. The SMILES string of the molecule is C[C@@H](OC(=O)CNC(=O)c1cccs1)C(=O)N1CCc2ccccc2C1. The number of fused-ring (bicyclic) bond motifs is 1. The lowest BCUT2D eigenvalue weighted by Crippen LogP contribution is -2.43. The summed E-state index contributed by atoms with van der Waals surface area (Å²) in [5, 5.41) is 4.28. The van der Waals surface area contributed by atoms with Gasteiger partial charge in [0.1, 0.15) is 6.54 Å². The van der Waals surface area contributed by atoms with Crippen LogP contribution in [0.25, 0.3) is 0 Å². The quantitative estimate of drug-likeness (QED) is 0.815. The maximum atomic E-state index is 12.5. The van der Waals surface area contributed by atoms with Crippen LogP contribution in [0.15, 0.2) is 41.8 Å². The first-order valence-electron chi connectivity index (χ1n) is 8.41. The number of hydrogen-bond acceptors (Lipinski definition) is 5. The van der Waals surface area contributed by atoms with Crippen molar-refractivity contribution in [2.75, 3.05) is 13.1 Å². The number of benzene rings is 1. The molecule has 1 atom stereocenters. The van der Waals surface area contributed by atoms with Crippen LogP contribution in [0, 0.1) is 0 Å². The molecule has 1 aromatic heterocycles. The number of rotatable bonds is 5. The molecular formula is C19H20N2O4S. The van der Waals surface area contributed by atoms with Gasteiger partial charge in [0.05, 0.1) is 4.88 Å². The summed E-state index contributed by atoms with van der Waals surface area (Å²) in [6, 6.07) is 11.4. The van der Waals surface area contributed by atoms with Gasteiger partial charge in [0.15, 0.2) is 6.10 Å². The number of hydrogen-bond donors (Lipinski definition) is 1. The Balaban J connectivity index is 1.48. The average Bonchev–Trinajstić information content (AvgIpc) is 3.20. The fraction of sp³-hybridized carbons (Fsp3) is 0.316. The van der Waals surface area contributed by atoms with E-state index >= 15 is 0 Å². The second-order valence-corrected chi connectivity index (χ2v) is 7.02. The van der Waals surface area contributed by atoms with Gasteiger partial charge in [-0.15, -0.1) is 11.3 Å². The topological polar surface area (TPSA) is 75.7 Å². The molecule has 0 bridgehead atoms. The molecule has 136 valence electrons. The maximum Gasteiger partial charge on any atom is 0.326 e. The highest BCUT2D eigenvalue weighted by Crippen LogP contribution is 2.19. The predicted molar refractivity (Wildman–Crippen MR) is 97.8 cm³/mol. The van der Waals surface area contributed by atoms with Crippen LogP contribution in [-0.4, -0.2) is 41.9 Å². The lowest BCUT2D eigenvalue weighted by molar-refractivity contribution is -0.158. The van der Waals surface area contributed by atoms with Crippen molar-refractivity contribution in [3.8, 4) is 0 Å². The second kappa shape index (κ2) is 8.14. The van der Waals surface area contributed by atoms with E-state index < -0.39 is 12.1 Å². The van der Waals surface area contributed by atoms with E-state index in [0.717, 1.165) is 12.0 Å². The van der Waals surface area contributed by atoms with E-state index in [2.05, 4.69) is 11.4 Å². The summed E-state index contributed by atoms with van der Waals surface area (Å²) in [5.41, 5.74) is 2.37. The number of esters is 1. The number of carbonyl (C=O) groups excluding carboxylic acids is 3. The Morgan fingerprint density at radius 1 is 1.19 bits per heavy atom. The van der Waals surface area contributed by atoms with Crippen molar-refractivity contribution in [1.29, 1.82) is 0 Å². The van der Waals surface area contributed by atoms with Crippen LogP contribution in [0.5, 0.6) is 0 Å². The van der Waals surface area contributed by atoms with E-state index in [1.54, 1.807) is 29.3 Å². The maximum absolute atomic E-state index is 12.5. The third-order valence-electron chi connectivity index (χ3n) is 4.24. The summed E-state index contributed by atoms with van der Waals surface area (Å²) < 4.78 is 5.18. The largest absolute Gasteiger partial charge is 0.451 e. The molecule has 6 nitrogen and oxygen atoms in total. The lowest BCUT2D eigenvalue weighted by atomic mass is 9.99. The molecule has 7 heteroatoms. The molecule has 0 radical (unpaired) electrons. The minimum atomic E-state index is -0.883. The molecular weight excluding hydrogens is 352 g/mol. The van der Waals surface area contributed by atoms with Gasteiger partial charge in [0.25, 0.3) is 11.8 Å². The first kappa shape index (κ1) is 18.1. The lowest BCUT2D eigenvalue weighted by Gasteiger charge is -2.30. The van der Waals surface area contributed by atoms with Crippen LogP contribution in [0.2, 0.25) is 0 Å². The third-order valence-corrected chi connectivity index (χ3v) is 5.11. The summed E-state index contributed by atoms with van der Waals surface area (Å²) in [4.78, 5) is 38.5. The zero-order valence-corrected chi connectivity index (χ0v) is 15.3. The van der Waals surface area contributed by atoms with Crippen LogP contribution in [0.4, 0.5) is 0 Å². The summed E-state index contributed by atoms with van der Waals surface area (Å²) in [7, 11) is 0. The van der Waals surface area contributed by atoms with Gasteiger partial charge in [0, 0.05) is 13.1 Å². The van der Waals surface area contributed by atoms with Crippen molar-refractivity contribution in [2.24, 2.45) is 0 Å². The fourth-order valence-corrected chi connectivity index (χ4v) is 3.52. The van der Waals surface area contributed by atoms with Gasteiger partial charge < -0.3 is 15.0 Å². The van der Waals surface area contributed by atoms with Gasteiger partial charge in [-0.2, -0.15) is 0 Å². The highest BCUT2D eigenvalue weighted by atomic mass is 32.1. The van der Waals surface area contributed by atoms with Crippen molar-refractivity contribution in [2.45, 2.75) is 26.0 Å². The van der Waals surface area contributed by atoms with Gasteiger partial charge in [-0.3, -0.25) is 14.4 Å². The van der Waals surface area contributed by atoms with E-state index in [0.29, 0.717) is 18.0 Å². The summed E-state index contributed by atoms with van der Waals surface area (Å²) >= 11 is 1.29. The fourth-order valence-electron chi connectivity index (χ4n) is 2.88. The average molecular weight is 372 g/mol. The van der Waals surface area contributed by atoms with Crippen molar-refractivity contribution >= 4 is 29.1 Å². The zero-order valence-electron chi connectivity index (χ0n) is 14.4. The predicted octanol–water partition coefficient (Wildman–Crippen LogP) is 1.99. The minimum Gasteiger partial charge on any atom is -0.451 e. The molecule has 0 saturated heterocycles. The zero-order chi connectivity index (χ0) is 18.5. The number of ether oxygens (including phenoxy) is 1. The van der Waals surface area contributed by atoms with E-state index in [-0.39, 0.29) is 18.4 Å². The standard InChI is InChI=1S/C19H20N2O4S/c1-13(25-17(22)11-20-18(23)16-7-4-10-26-16)19(24)21-9-8-14-5-2-3-6-15(14)12-21/h2-7,10,13H,8-9,11-12H2,1H3,(H,20,23)/t13-/m1/s1. The molecule has 2 heterocycles. The Hall–Kier alpha value is -2.67. The molecule has 3 rings (SSSR count). The Labute approximate surface area is 155 Å². The summed E-state index contributed by atoms with van der Waals surface area (Å²) in [6.45, 7) is 2.41. The molecule has 1 aromatic carbocycles. The number of carbonyl (C=O) groups is 3. The first-order chi connectivity index (χ1) is 12.5. The van der Waals surface area contributed by atoms with Gasteiger partial charge in [-0.05, 0) is 35.9 Å². The molecule has 2 amide bonds. The Morgan fingerprint density at radius 3 is 2.69 bits per heavy atom. The smallest absolute Gasteiger partial charge is 0.326 e. The number of amides is 2. The van der Waals surface area contributed by atoms with Crippen LogP contribution in [0.1, 0.15) is 27.7 Å². The first-order valence-corrected chi connectivity index (χ1v) is 9.29. The van der Waals surface area contributed by atoms with E-state index in [4.69, 9.17) is 4.74 Å². The van der Waals surface area contributed by atoms with Gasteiger partial charge in [0.2, 0.25) is 0 Å². The van der Waals surface area contributed by atoms with Crippen LogP contribution >= 0.6 is 11.3 Å². The van der Waals surface area contributed by atoms with E-state index in [1.165, 1.54) is 16.9 Å². The van der Waals surface area contributed by atoms with Crippen LogP contribution in [0.3, 0.4) is 0 Å². The Kier molecular flexibility index (Phi) is 5.68. The highest BCUT2D eigenvalue weighted by Gasteiger charge is 2.27. The van der Waals surface area contributed by atoms with E-state index in [1.807, 2.05) is 18.2 Å². The van der Waals surface area contributed by atoms with Crippen molar-refractivity contribution in [3.05, 3.63) is 57.8 Å². The molecule has 2 aromatic rings. The van der Waals surface area contributed by atoms with Crippen molar-refractivity contribution in [3.63, 3.8) is 0 Å². The Morgan fingerprint density at radius 2 is 1.96 bits per heavy atom. The van der Waals surface area contributed by atoms with Gasteiger partial charge in [-0.1, -0.05) is 30.3 Å². The Bertz CT molecular complexity index is 804. The minimum absolute atomic E-state index is 0.225.